The number of aryl methyl sites for hydroxylation is 2. The molecule has 0 radical (unpaired) electrons. The van der Waals surface area contributed by atoms with Crippen LogP contribution in [0.5, 0.6) is 0 Å². The molecule has 1 aliphatic rings. The molecule has 6 heteroatoms. The number of nitrogens with one attached hydrogen (secondary N) is 1. The van der Waals surface area contributed by atoms with Gasteiger partial charge in [0.05, 0.1) is 16.0 Å². The second kappa shape index (κ2) is 7.06. The summed E-state index contributed by atoms with van der Waals surface area (Å²) in [6.45, 7) is 4.35. The van der Waals surface area contributed by atoms with Crippen LogP contribution in [-0.4, -0.2) is 18.4 Å². The quantitative estimate of drug-likeness (QED) is 0.850. The van der Waals surface area contributed by atoms with Crippen molar-refractivity contribution in [1.29, 1.82) is 0 Å². The van der Waals surface area contributed by atoms with Crippen molar-refractivity contribution in [3.63, 3.8) is 0 Å². The third-order valence-electron chi connectivity index (χ3n) is 4.33. The zero-order chi connectivity index (χ0) is 18.1. The summed E-state index contributed by atoms with van der Waals surface area (Å²) < 4.78 is 0. The summed E-state index contributed by atoms with van der Waals surface area (Å²) in [4.78, 5) is 26.6. The maximum absolute atomic E-state index is 12.5. The number of hydrogen-bond acceptors (Lipinski definition) is 2. The molecule has 0 aromatic heterocycles. The van der Waals surface area contributed by atoms with E-state index >= 15 is 0 Å². The Kier molecular flexibility index (Phi) is 5.02. The second-order valence-electron chi connectivity index (χ2n) is 6.31. The Balaban J connectivity index is 1.73. The Morgan fingerprint density at radius 3 is 2.56 bits per heavy atom. The third-order valence-corrected chi connectivity index (χ3v) is 5.07. The minimum Gasteiger partial charge on any atom is -0.326 e. The van der Waals surface area contributed by atoms with Gasteiger partial charge < -0.3 is 10.2 Å². The molecule has 130 valence electrons. The number of hydrogen-bond donors (Lipinski definition) is 1. The minimum atomic E-state index is -0.400. The van der Waals surface area contributed by atoms with Gasteiger partial charge in [-0.1, -0.05) is 40.9 Å². The smallest absolute Gasteiger partial charge is 0.229 e. The van der Waals surface area contributed by atoms with Gasteiger partial charge in [0.2, 0.25) is 11.8 Å². The van der Waals surface area contributed by atoms with Crippen LogP contribution in [0.25, 0.3) is 0 Å². The maximum Gasteiger partial charge on any atom is 0.229 e. The van der Waals surface area contributed by atoms with E-state index in [2.05, 4.69) is 5.32 Å². The molecule has 2 amide bonds. The summed E-state index contributed by atoms with van der Waals surface area (Å²) in [7, 11) is 0. The molecule has 1 fully saturated rings. The lowest BCUT2D eigenvalue weighted by Crippen LogP contribution is -2.28. The highest BCUT2D eigenvalue weighted by molar-refractivity contribution is 6.42. The van der Waals surface area contributed by atoms with Crippen molar-refractivity contribution in [2.24, 2.45) is 5.92 Å². The lowest BCUT2D eigenvalue weighted by atomic mass is 10.1. The fourth-order valence-corrected chi connectivity index (χ4v) is 3.34. The van der Waals surface area contributed by atoms with E-state index in [1.165, 1.54) is 0 Å². The van der Waals surface area contributed by atoms with Gasteiger partial charge in [-0.2, -0.15) is 0 Å². The maximum atomic E-state index is 12.5. The molecular weight excluding hydrogens is 359 g/mol. The average molecular weight is 377 g/mol. The monoisotopic (exact) mass is 376 g/mol. The van der Waals surface area contributed by atoms with Gasteiger partial charge in [0.15, 0.2) is 0 Å². The highest BCUT2D eigenvalue weighted by Gasteiger charge is 2.35. The summed E-state index contributed by atoms with van der Waals surface area (Å²) in [5.74, 6) is -0.636. The number of carbonyl (C=O) groups is 2. The lowest BCUT2D eigenvalue weighted by Gasteiger charge is -2.19. The molecule has 1 saturated heterocycles. The number of carbonyl (C=O) groups excluding carboxylic acids is 2. The molecule has 1 N–H and O–H groups in total. The van der Waals surface area contributed by atoms with E-state index in [-0.39, 0.29) is 18.2 Å². The second-order valence-corrected chi connectivity index (χ2v) is 7.13. The first kappa shape index (κ1) is 17.8. The summed E-state index contributed by atoms with van der Waals surface area (Å²) >= 11 is 11.8. The van der Waals surface area contributed by atoms with Crippen molar-refractivity contribution in [2.75, 3.05) is 16.8 Å². The van der Waals surface area contributed by atoms with Crippen LogP contribution in [0.1, 0.15) is 17.5 Å². The molecule has 0 saturated carbocycles. The van der Waals surface area contributed by atoms with Gasteiger partial charge in [0, 0.05) is 24.3 Å². The van der Waals surface area contributed by atoms with Gasteiger partial charge in [0.1, 0.15) is 0 Å². The van der Waals surface area contributed by atoms with Crippen LogP contribution in [0.2, 0.25) is 10.0 Å². The van der Waals surface area contributed by atoms with E-state index in [0.29, 0.717) is 22.3 Å². The minimum absolute atomic E-state index is 0.0405. The van der Waals surface area contributed by atoms with E-state index in [1.807, 2.05) is 32.0 Å². The van der Waals surface area contributed by atoms with Crippen molar-refractivity contribution >= 4 is 46.4 Å². The Labute approximate surface area is 156 Å². The van der Waals surface area contributed by atoms with E-state index in [9.17, 15) is 9.59 Å². The molecule has 3 rings (SSSR count). The Bertz CT molecular complexity index is 851. The van der Waals surface area contributed by atoms with Crippen molar-refractivity contribution in [1.82, 2.24) is 0 Å². The van der Waals surface area contributed by atoms with Crippen LogP contribution < -0.4 is 10.2 Å². The Morgan fingerprint density at radius 1 is 1.12 bits per heavy atom. The first-order valence-electron chi connectivity index (χ1n) is 7.98. The third kappa shape index (κ3) is 3.80. The van der Waals surface area contributed by atoms with Gasteiger partial charge in [-0.15, -0.1) is 0 Å². The molecule has 2 aromatic rings. The molecule has 1 heterocycles. The predicted molar refractivity (Wildman–Crippen MR) is 101 cm³/mol. The van der Waals surface area contributed by atoms with E-state index < -0.39 is 5.92 Å². The van der Waals surface area contributed by atoms with Crippen LogP contribution in [0.3, 0.4) is 0 Å². The van der Waals surface area contributed by atoms with E-state index in [0.717, 1.165) is 16.8 Å². The average Bonchev–Trinajstić information content (AvgIpc) is 2.93. The predicted octanol–water partition coefficient (Wildman–Crippen LogP) is 4.60. The number of amides is 2. The molecule has 1 unspecified atom stereocenters. The number of rotatable bonds is 3. The number of halogens is 2. The number of benzene rings is 2. The van der Waals surface area contributed by atoms with Gasteiger partial charge in [0.25, 0.3) is 0 Å². The van der Waals surface area contributed by atoms with Crippen molar-refractivity contribution in [2.45, 2.75) is 20.3 Å². The molecule has 25 heavy (non-hydrogen) atoms. The molecule has 4 nitrogen and oxygen atoms in total. The summed E-state index contributed by atoms with van der Waals surface area (Å²) in [5.41, 5.74) is 3.60. The lowest BCUT2D eigenvalue weighted by molar-refractivity contribution is -0.122. The molecule has 1 atom stereocenters. The first-order chi connectivity index (χ1) is 11.8. The van der Waals surface area contributed by atoms with Crippen molar-refractivity contribution in [3.05, 3.63) is 57.6 Å². The molecule has 0 spiro atoms. The molecule has 0 aliphatic carbocycles. The van der Waals surface area contributed by atoms with Gasteiger partial charge in [-0.3, -0.25) is 9.59 Å². The summed E-state index contributed by atoms with van der Waals surface area (Å²) in [6, 6.07) is 10.8. The summed E-state index contributed by atoms with van der Waals surface area (Å²) in [6.07, 6.45) is 0.195. The zero-order valence-corrected chi connectivity index (χ0v) is 15.5. The number of nitrogens with zero attached hydrogens (tertiary/aromatic N) is 1. The topological polar surface area (TPSA) is 49.4 Å². The Morgan fingerprint density at radius 2 is 1.88 bits per heavy atom. The fourth-order valence-electron chi connectivity index (χ4n) is 3.04. The summed E-state index contributed by atoms with van der Waals surface area (Å²) in [5, 5.41) is 3.61. The van der Waals surface area contributed by atoms with Crippen molar-refractivity contribution in [3.8, 4) is 0 Å². The van der Waals surface area contributed by atoms with Crippen LogP contribution in [0.4, 0.5) is 11.4 Å². The molecule has 0 bridgehead atoms. The van der Waals surface area contributed by atoms with E-state index in [4.69, 9.17) is 23.2 Å². The molecule has 1 aliphatic heterocycles. The Hall–Kier alpha value is -2.04. The van der Waals surface area contributed by atoms with Crippen LogP contribution in [0.15, 0.2) is 36.4 Å². The molecule has 2 aromatic carbocycles. The van der Waals surface area contributed by atoms with E-state index in [1.54, 1.807) is 23.1 Å². The van der Waals surface area contributed by atoms with Crippen LogP contribution in [-0.2, 0) is 9.59 Å². The zero-order valence-electron chi connectivity index (χ0n) is 14.0. The first-order valence-corrected chi connectivity index (χ1v) is 8.74. The fraction of sp³-hybridized carbons (Fsp3) is 0.263. The van der Waals surface area contributed by atoms with Gasteiger partial charge >= 0.3 is 0 Å². The highest BCUT2D eigenvalue weighted by atomic mass is 35.5. The van der Waals surface area contributed by atoms with Gasteiger partial charge in [-0.25, -0.2) is 0 Å². The normalized spacial score (nSPS) is 17.0. The SMILES string of the molecule is Cc1ccc(N2CC(C(=O)Nc3ccc(Cl)c(Cl)c3)CC2=O)c(C)c1. The standard InChI is InChI=1S/C19H18Cl2N2O2/c1-11-3-6-17(12(2)7-11)23-10-13(8-18(23)24)19(25)22-14-4-5-15(20)16(21)9-14/h3-7,9,13H,8,10H2,1-2H3,(H,22,25). The van der Waals surface area contributed by atoms with Crippen molar-refractivity contribution < 1.29 is 9.59 Å². The van der Waals surface area contributed by atoms with Crippen LogP contribution in [0, 0.1) is 19.8 Å². The van der Waals surface area contributed by atoms with Crippen LogP contribution >= 0.6 is 23.2 Å². The van der Waals surface area contributed by atoms with Gasteiger partial charge in [-0.05, 0) is 43.7 Å². The molecular formula is C19H18Cl2N2O2. The highest BCUT2D eigenvalue weighted by Crippen LogP contribution is 2.30. The largest absolute Gasteiger partial charge is 0.326 e. The number of anilines is 2.